The fourth-order valence-electron chi connectivity index (χ4n) is 2.12. The molecule has 0 bridgehead atoms. The van der Waals surface area contributed by atoms with Crippen molar-refractivity contribution in [2.24, 2.45) is 0 Å². The Morgan fingerprint density at radius 1 is 1.38 bits per heavy atom. The van der Waals surface area contributed by atoms with Gasteiger partial charge in [0.25, 0.3) is 5.69 Å². The van der Waals surface area contributed by atoms with E-state index in [0.717, 1.165) is 16.6 Å². The smallest absolute Gasteiger partial charge is 0.289 e. The summed E-state index contributed by atoms with van der Waals surface area (Å²) in [6, 6.07) is 8.49. The average molecular weight is 303 g/mol. The molecule has 7 heteroatoms. The van der Waals surface area contributed by atoms with E-state index in [1.165, 1.54) is 12.1 Å². The summed E-state index contributed by atoms with van der Waals surface area (Å²) in [5, 5.41) is 15.2. The van der Waals surface area contributed by atoms with E-state index in [-0.39, 0.29) is 10.7 Å². The lowest BCUT2D eigenvalue weighted by atomic mass is 10.2. The highest BCUT2D eigenvalue weighted by molar-refractivity contribution is 6.32. The van der Waals surface area contributed by atoms with Gasteiger partial charge in [-0.2, -0.15) is 0 Å². The van der Waals surface area contributed by atoms with Crippen LogP contribution in [0.2, 0.25) is 5.02 Å². The average Bonchev–Trinajstić information content (AvgIpc) is 2.89. The third-order valence-corrected chi connectivity index (χ3v) is 3.48. The van der Waals surface area contributed by atoms with Crippen molar-refractivity contribution in [2.45, 2.75) is 6.54 Å². The third-order valence-electron chi connectivity index (χ3n) is 3.16. The number of halogens is 1. The fourth-order valence-corrected chi connectivity index (χ4v) is 2.31. The molecule has 0 aliphatic rings. The number of nitrogens with one attached hydrogen (secondary N) is 2. The predicted molar refractivity (Wildman–Crippen MR) is 81.5 cm³/mol. The number of anilines is 1. The number of pyridine rings is 1. The van der Waals surface area contributed by atoms with E-state index in [9.17, 15) is 10.1 Å². The lowest BCUT2D eigenvalue weighted by Gasteiger charge is -2.06. The normalized spacial score (nSPS) is 10.7. The topological polar surface area (TPSA) is 83.9 Å². The van der Waals surface area contributed by atoms with Crippen molar-refractivity contribution >= 4 is 34.0 Å². The van der Waals surface area contributed by atoms with Crippen molar-refractivity contribution in [2.75, 3.05) is 5.32 Å². The minimum atomic E-state index is -0.497. The monoisotopic (exact) mass is 302 g/mol. The van der Waals surface area contributed by atoms with Gasteiger partial charge in [-0.15, -0.1) is 0 Å². The number of aromatic nitrogens is 2. The summed E-state index contributed by atoms with van der Waals surface area (Å²) in [4.78, 5) is 17.7. The zero-order valence-electron chi connectivity index (χ0n) is 10.8. The molecule has 0 aliphatic carbocycles. The van der Waals surface area contributed by atoms with Crippen molar-refractivity contribution in [3.05, 3.63) is 63.4 Å². The van der Waals surface area contributed by atoms with Gasteiger partial charge in [0, 0.05) is 36.1 Å². The number of nitro groups is 1. The van der Waals surface area contributed by atoms with Crippen molar-refractivity contribution in [1.82, 2.24) is 9.97 Å². The van der Waals surface area contributed by atoms with E-state index in [1.54, 1.807) is 12.3 Å². The van der Waals surface area contributed by atoms with Crippen LogP contribution in [0.25, 0.3) is 11.0 Å². The maximum absolute atomic E-state index is 10.9. The maximum atomic E-state index is 10.9. The molecule has 2 N–H and O–H groups in total. The van der Waals surface area contributed by atoms with E-state index in [4.69, 9.17) is 11.6 Å². The van der Waals surface area contributed by atoms with Gasteiger partial charge in [-0.25, -0.2) is 4.98 Å². The second kappa shape index (κ2) is 5.41. The van der Waals surface area contributed by atoms with Gasteiger partial charge in [-0.1, -0.05) is 11.6 Å². The van der Waals surface area contributed by atoms with Gasteiger partial charge >= 0.3 is 0 Å². The summed E-state index contributed by atoms with van der Waals surface area (Å²) in [5.41, 5.74) is 2.39. The van der Waals surface area contributed by atoms with Crippen LogP contribution < -0.4 is 5.32 Å². The highest BCUT2D eigenvalue weighted by atomic mass is 35.5. The molecule has 0 saturated carbocycles. The molecule has 0 saturated heterocycles. The number of aromatic amines is 1. The van der Waals surface area contributed by atoms with Gasteiger partial charge < -0.3 is 10.3 Å². The Labute approximate surface area is 124 Å². The van der Waals surface area contributed by atoms with Crippen LogP contribution in [-0.2, 0) is 6.54 Å². The van der Waals surface area contributed by atoms with Crippen LogP contribution in [-0.4, -0.2) is 14.9 Å². The molecule has 0 atom stereocenters. The Hall–Kier alpha value is -2.60. The second-order valence-corrected chi connectivity index (χ2v) is 4.90. The van der Waals surface area contributed by atoms with Crippen molar-refractivity contribution in [3.8, 4) is 0 Å². The van der Waals surface area contributed by atoms with E-state index >= 15 is 0 Å². The first-order chi connectivity index (χ1) is 10.1. The van der Waals surface area contributed by atoms with Crippen LogP contribution in [0.5, 0.6) is 0 Å². The van der Waals surface area contributed by atoms with Gasteiger partial charge in [0.05, 0.1) is 4.92 Å². The molecule has 106 valence electrons. The van der Waals surface area contributed by atoms with Crippen molar-refractivity contribution in [1.29, 1.82) is 0 Å². The lowest BCUT2D eigenvalue weighted by molar-refractivity contribution is -0.384. The molecule has 0 fully saturated rings. The van der Waals surface area contributed by atoms with Crippen LogP contribution in [0.1, 0.15) is 5.56 Å². The Kier molecular flexibility index (Phi) is 3.45. The van der Waals surface area contributed by atoms with Crippen LogP contribution in [0.4, 0.5) is 11.4 Å². The Morgan fingerprint density at radius 2 is 2.24 bits per heavy atom. The quantitative estimate of drug-likeness (QED) is 0.568. The summed E-state index contributed by atoms with van der Waals surface area (Å²) in [5.74, 6) is 0. The van der Waals surface area contributed by atoms with Crippen LogP contribution in [0.3, 0.4) is 0 Å². The molecule has 0 spiro atoms. The lowest BCUT2D eigenvalue weighted by Crippen LogP contribution is -1.99. The standard InChI is InChI=1S/C14H11ClN4O2/c15-12-4-3-10(6-13(12)19(20)21)17-7-9-8-18-14-11(9)2-1-5-16-14/h1-6,8,17H,7H2,(H,16,18). The Bertz CT molecular complexity index is 816. The SMILES string of the molecule is O=[N+]([O-])c1cc(NCc2c[nH]c3ncccc23)ccc1Cl. The van der Waals surface area contributed by atoms with Gasteiger partial charge in [0.1, 0.15) is 10.7 Å². The van der Waals surface area contributed by atoms with Gasteiger partial charge in [0.2, 0.25) is 0 Å². The van der Waals surface area contributed by atoms with Crippen molar-refractivity contribution in [3.63, 3.8) is 0 Å². The predicted octanol–water partition coefficient (Wildman–Crippen LogP) is 3.74. The molecule has 0 amide bonds. The number of rotatable bonds is 4. The molecule has 2 aromatic heterocycles. The van der Waals surface area contributed by atoms with Crippen molar-refractivity contribution < 1.29 is 4.92 Å². The first-order valence-electron chi connectivity index (χ1n) is 6.24. The molecule has 3 aromatic rings. The molecule has 2 heterocycles. The largest absolute Gasteiger partial charge is 0.381 e. The Balaban J connectivity index is 1.82. The minimum absolute atomic E-state index is 0.109. The summed E-state index contributed by atoms with van der Waals surface area (Å²) in [6.07, 6.45) is 3.59. The minimum Gasteiger partial charge on any atom is -0.381 e. The first-order valence-corrected chi connectivity index (χ1v) is 6.62. The zero-order chi connectivity index (χ0) is 14.8. The highest BCUT2D eigenvalue weighted by Gasteiger charge is 2.12. The molecule has 21 heavy (non-hydrogen) atoms. The number of nitro benzene ring substituents is 1. The number of benzene rings is 1. The summed E-state index contributed by atoms with van der Waals surface area (Å²) >= 11 is 5.79. The van der Waals surface area contributed by atoms with E-state index in [1.807, 2.05) is 18.3 Å². The number of hydrogen-bond acceptors (Lipinski definition) is 4. The van der Waals surface area contributed by atoms with Gasteiger partial charge in [0.15, 0.2) is 0 Å². The van der Waals surface area contributed by atoms with Crippen LogP contribution in [0, 0.1) is 10.1 Å². The molecule has 0 aliphatic heterocycles. The first kappa shape index (κ1) is 13.4. The molecule has 0 radical (unpaired) electrons. The molecular formula is C14H11ClN4O2. The number of H-pyrrole nitrogens is 1. The van der Waals surface area contributed by atoms with Gasteiger partial charge in [-0.05, 0) is 29.8 Å². The van der Waals surface area contributed by atoms with Crippen LogP contribution >= 0.6 is 11.6 Å². The van der Waals surface area contributed by atoms with E-state index < -0.39 is 4.92 Å². The van der Waals surface area contributed by atoms with Gasteiger partial charge in [-0.3, -0.25) is 10.1 Å². The van der Waals surface area contributed by atoms with E-state index in [0.29, 0.717) is 12.2 Å². The van der Waals surface area contributed by atoms with E-state index in [2.05, 4.69) is 15.3 Å². The third kappa shape index (κ3) is 2.66. The maximum Gasteiger partial charge on any atom is 0.289 e. The van der Waals surface area contributed by atoms with Crippen LogP contribution in [0.15, 0.2) is 42.7 Å². The zero-order valence-corrected chi connectivity index (χ0v) is 11.6. The number of nitrogens with zero attached hydrogens (tertiary/aromatic N) is 2. The number of hydrogen-bond donors (Lipinski definition) is 2. The summed E-state index contributed by atoms with van der Waals surface area (Å²) < 4.78 is 0. The number of fused-ring (bicyclic) bond motifs is 1. The summed E-state index contributed by atoms with van der Waals surface area (Å²) in [6.45, 7) is 0.532. The summed E-state index contributed by atoms with van der Waals surface area (Å²) in [7, 11) is 0. The Morgan fingerprint density at radius 3 is 3.05 bits per heavy atom. The fraction of sp³-hybridized carbons (Fsp3) is 0.0714. The molecule has 3 rings (SSSR count). The molecular weight excluding hydrogens is 292 g/mol. The second-order valence-electron chi connectivity index (χ2n) is 4.49. The highest BCUT2D eigenvalue weighted by Crippen LogP contribution is 2.28. The molecule has 1 aromatic carbocycles. The molecule has 0 unspecified atom stereocenters. The molecule has 6 nitrogen and oxygen atoms in total.